The van der Waals surface area contributed by atoms with Gasteiger partial charge in [-0.25, -0.2) is 0 Å². The molecule has 0 heterocycles. The van der Waals surface area contributed by atoms with E-state index in [0.717, 1.165) is 11.1 Å². The first-order valence-corrected chi connectivity index (χ1v) is 5.96. The van der Waals surface area contributed by atoms with Crippen LogP contribution < -0.4 is 0 Å². The molecule has 0 saturated carbocycles. The quantitative estimate of drug-likeness (QED) is 0.870. The number of nitrogens with zero attached hydrogens (tertiary/aromatic N) is 1. The van der Waals surface area contributed by atoms with Crippen LogP contribution in [0.4, 0.5) is 0 Å². The third kappa shape index (κ3) is 3.87. The van der Waals surface area contributed by atoms with Gasteiger partial charge in [-0.15, -0.1) is 0 Å². The molecule has 4 nitrogen and oxygen atoms in total. The molecule has 0 spiro atoms. The number of aliphatic carboxylic acids is 1. The SMILES string of the molecule is Cc1ccc(C(=O)N(C)CCCC(=O)O)cc1C. The highest BCUT2D eigenvalue weighted by Gasteiger charge is 2.12. The number of aryl methyl sites for hydroxylation is 2. The lowest BCUT2D eigenvalue weighted by Crippen LogP contribution is -2.28. The molecule has 0 saturated heterocycles. The molecular formula is C14H19NO3. The average molecular weight is 249 g/mol. The molecule has 18 heavy (non-hydrogen) atoms. The van der Waals surface area contributed by atoms with Gasteiger partial charge in [0.05, 0.1) is 0 Å². The van der Waals surface area contributed by atoms with Crippen molar-refractivity contribution in [3.8, 4) is 0 Å². The van der Waals surface area contributed by atoms with E-state index in [9.17, 15) is 9.59 Å². The van der Waals surface area contributed by atoms with Crippen LogP contribution in [-0.4, -0.2) is 35.5 Å². The van der Waals surface area contributed by atoms with E-state index in [-0.39, 0.29) is 12.3 Å². The normalized spacial score (nSPS) is 10.2. The minimum atomic E-state index is -0.831. The van der Waals surface area contributed by atoms with Crippen molar-refractivity contribution < 1.29 is 14.7 Å². The van der Waals surface area contributed by atoms with Gasteiger partial charge in [0.25, 0.3) is 5.91 Å². The highest BCUT2D eigenvalue weighted by atomic mass is 16.4. The van der Waals surface area contributed by atoms with E-state index in [2.05, 4.69) is 0 Å². The van der Waals surface area contributed by atoms with Gasteiger partial charge >= 0.3 is 5.97 Å². The number of amides is 1. The molecule has 0 fully saturated rings. The number of carbonyl (C=O) groups is 2. The molecular weight excluding hydrogens is 230 g/mol. The van der Waals surface area contributed by atoms with E-state index >= 15 is 0 Å². The lowest BCUT2D eigenvalue weighted by atomic mass is 10.1. The van der Waals surface area contributed by atoms with Gasteiger partial charge in [0.2, 0.25) is 0 Å². The molecule has 1 N–H and O–H groups in total. The Morgan fingerprint density at radius 3 is 2.44 bits per heavy atom. The maximum absolute atomic E-state index is 12.1. The van der Waals surface area contributed by atoms with Crippen LogP contribution in [0.1, 0.15) is 34.3 Å². The van der Waals surface area contributed by atoms with Gasteiger partial charge in [0.1, 0.15) is 0 Å². The minimum absolute atomic E-state index is 0.0662. The van der Waals surface area contributed by atoms with E-state index in [1.807, 2.05) is 26.0 Å². The predicted molar refractivity (Wildman–Crippen MR) is 69.7 cm³/mol. The zero-order chi connectivity index (χ0) is 13.7. The van der Waals surface area contributed by atoms with Gasteiger partial charge in [-0.1, -0.05) is 6.07 Å². The summed E-state index contributed by atoms with van der Waals surface area (Å²) in [4.78, 5) is 24.0. The van der Waals surface area contributed by atoms with Gasteiger partial charge in [0, 0.05) is 25.6 Å². The first-order valence-electron chi connectivity index (χ1n) is 5.96. The topological polar surface area (TPSA) is 57.6 Å². The Bertz CT molecular complexity index is 454. The molecule has 0 radical (unpaired) electrons. The summed E-state index contributed by atoms with van der Waals surface area (Å²) in [6.45, 7) is 4.43. The number of rotatable bonds is 5. The molecule has 1 amide bonds. The highest BCUT2D eigenvalue weighted by Crippen LogP contribution is 2.11. The second-order valence-electron chi connectivity index (χ2n) is 4.52. The largest absolute Gasteiger partial charge is 0.481 e. The van der Waals surface area contributed by atoms with Crippen LogP contribution >= 0.6 is 0 Å². The van der Waals surface area contributed by atoms with Crippen molar-refractivity contribution in [3.05, 3.63) is 34.9 Å². The summed E-state index contributed by atoms with van der Waals surface area (Å²) in [6, 6.07) is 5.59. The van der Waals surface area contributed by atoms with Crippen LogP contribution in [0, 0.1) is 13.8 Å². The predicted octanol–water partition coefficient (Wildman–Crippen LogP) is 2.24. The maximum Gasteiger partial charge on any atom is 0.303 e. The fraction of sp³-hybridized carbons (Fsp3) is 0.429. The Labute approximate surface area is 107 Å². The monoisotopic (exact) mass is 249 g/mol. The number of carbonyl (C=O) groups excluding carboxylic acids is 1. The Hall–Kier alpha value is -1.84. The molecule has 0 unspecified atom stereocenters. The zero-order valence-electron chi connectivity index (χ0n) is 11.1. The summed E-state index contributed by atoms with van der Waals surface area (Å²) >= 11 is 0. The van der Waals surface area contributed by atoms with Crippen LogP contribution in [0.3, 0.4) is 0 Å². The number of benzene rings is 1. The molecule has 0 aliphatic heterocycles. The molecule has 0 atom stereocenters. The smallest absolute Gasteiger partial charge is 0.303 e. The van der Waals surface area contributed by atoms with Gasteiger partial charge < -0.3 is 10.0 Å². The van der Waals surface area contributed by atoms with Crippen LogP contribution in [0.15, 0.2) is 18.2 Å². The van der Waals surface area contributed by atoms with Crippen LogP contribution in [0.5, 0.6) is 0 Å². The minimum Gasteiger partial charge on any atom is -0.481 e. The van der Waals surface area contributed by atoms with Crippen molar-refractivity contribution in [1.82, 2.24) is 4.90 Å². The second-order valence-corrected chi connectivity index (χ2v) is 4.52. The fourth-order valence-corrected chi connectivity index (χ4v) is 1.66. The van der Waals surface area contributed by atoms with Gasteiger partial charge in [0.15, 0.2) is 0 Å². The zero-order valence-corrected chi connectivity index (χ0v) is 11.1. The van der Waals surface area contributed by atoms with E-state index in [0.29, 0.717) is 18.5 Å². The maximum atomic E-state index is 12.1. The van der Waals surface area contributed by atoms with E-state index in [4.69, 9.17) is 5.11 Å². The average Bonchev–Trinajstić information content (AvgIpc) is 2.31. The van der Waals surface area contributed by atoms with Crippen LogP contribution in [0.25, 0.3) is 0 Å². The Morgan fingerprint density at radius 1 is 1.22 bits per heavy atom. The number of hydrogen-bond acceptors (Lipinski definition) is 2. The highest BCUT2D eigenvalue weighted by molar-refractivity contribution is 5.94. The van der Waals surface area contributed by atoms with Gasteiger partial charge in [-0.2, -0.15) is 0 Å². The lowest BCUT2D eigenvalue weighted by Gasteiger charge is -2.17. The van der Waals surface area contributed by atoms with Crippen molar-refractivity contribution in [2.24, 2.45) is 0 Å². The number of hydrogen-bond donors (Lipinski definition) is 1. The lowest BCUT2D eigenvalue weighted by molar-refractivity contribution is -0.137. The molecule has 0 aliphatic carbocycles. The Morgan fingerprint density at radius 2 is 1.89 bits per heavy atom. The Kier molecular flexibility index (Phi) is 4.89. The number of carboxylic acid groups (broad SMARTS) is 1. The molecule has 0 aliphatic rings. The molecule has 98 valence electrons. The number of carboxylic acids is 1. The molecule has 1 aromatic rings. The summed E-state index contributed by atoms with van der Waals surface area (Å²) in [5.41, 5.74) is 2.88. The summed E-state index contributed by atoms with van der Waals surface area (Å²) in [5, 5.41) is 8.55. The van der Waals surface area contributed by atoms with Crippen LogP contribution in [0.2, 0.25) is 0 Å². The molecule has 1 aromatic carbocycles. The summed E-state index contributed by atoms with van der Waals surface area (Å²) < 4.78 is 0. The van der Waals surface area contributed by atoms with Crippen LogP contribution in [-0.2, 0) is 4.79 Å². The molecule has 0 bridgehead atoms. The third-order valence-corrected chi connectivity index (χ3v) is 2.98. The summed E-state index contributed by atoms with van der Waals surface area (Å²) in [7, 11) is 1.69. The molecule has 4 heteroatoms. The van der Waals surface area contributed by atoms with Crippen molar-refractivity contribution in [2.45, 2.75) is 26.7 Å². The molecule has 1 rings (SSSR count). The van der Waals surface area contributed by atoms with Gasteiger partial charge in [-0.05, 0) is 43.5 Å². The van der Waals surface area contributed by atoms with Crippen molar-refractivity contribution in [2.75, 3.05) is 13.6 Å². The first-order chi connectivity index (χ1) is 8.41. The summed E-state index contributed by atoms with van der Waals surface area (Å²) in [6.07, 6.45) is 0.562. The second kappa shape index (κ2) is 6.19. The van der Waals surface area contributed by atoms with E-state index in [1.54, 1.807) is 18.0 Å². The van der Waals surface area contributed by atoms with Crippen molar-refractivity contribution in [1.29, 1.82) is 0 Å². The standard InChI is InChI=1S/C14H19NO3/c1-10-6-7-12(9-11(10)2)14(18)15(3)8-4-5-13(16)17/h6-7,9H,4-5,8H2,1-3H3,(H,16,17). The molecule has 0 aromatic heterocycles. The fourth-order valence-electron chi connectivity index (χ4n) is 1.66. The third-order valence-electron chi connectivity index (χ3n) is 2.98. The Balaban J connectivity index is 2.62. The van der Waals surface area contributed by atoms with Crippen molar-refractivity contribution >= 4 is 11.9 Å². The first kappa shape index (κ1) is 14.2. The summed E-state index contributed by atoms with van der Waals surface area (Å²) in [5.74, 6) is -0.898. The van der Waals surface area contributed by atoms with Crippen molar-refractivity contribution in [3.63, 3.8) is 0 Å². The van der Waals surface area contributed by atoms with E-state index in [1.165, 1.54) is 0 Å². The van der Waals surface area contributed by atoms with Gasteiger partial charge in [-0.3, -0.25) is 9.59 Å². The van der Waals surface area contributed by atoms with E-state index < -0.39 is 5.97 Å².